The maximum absolute atomic E-state index is 4.64. The van der Waals surface area contributed by atoms with E-state index < -0.39 is 0 Å². The molecule has 108 valence electrons. The van der Waals surface area contributed by atoms with Crippen LogP contribution in [0, 0.1) is 0 Å². The maximum Gasteiger partial charge on any atom is 0.180 e. The average Bonchev–Trinajstić information content (AvgIpc) is 2.96. The number of hydrogen-bond acceptors (Lipinski definition) is 5. The van der Waals surface area contributed by atoms with Gasteiger partial charge in [0.1, 0.15) is 5.82 Å². The van der Waals surface area contributed by atoms with E-state index in [0.29, 0.717) is 11.3 Å². The van der Waals surface area contributed by atoms with Crippen LogP contribution in [0.4, 0.5) is 11.6 Å². The molecule has 20 heavy (non-hydrogen) atoms. The molecule has 2 unspecified atom stereocenters. The predicted octanol–water partition coefficient (Wildman–Crippen LogP) is 2.86. The van der Waals surface area contributed by atoms with Gasteiger partial charge in [0.2, 0.25) is 0 Å². The van der Waals surface area contributed by atoms with Gasteiger partial charge in [-0.3, -0.25) is 0 Å². The van der Waals surface area contributed by atoms with Crippen LogP contribution in [0.5, 0.6) is 0 Å². The molecular formula is C14H21N5S. The van der Waals surface area contributed by atoms with Crippen LogP contribution in [0.3, 0.4) is 0 Å². The van der Waals surface area contributed by atoms with E-state index in [2.05, 4.69) is 26.9 Å². The molecule has 0 spiro atoms. The number of fused-ring (bicyclic) bond motifs is 1. The normalized spacial score (nSPS) is 22.9. The van der Waals surface area contributed by atoms with Crippen LogP contribution in [0.15, 0.2) is 18.6 Å². The Bertz CT molecular complexity index is 582. The van der Waals surface area contributed by atoms with Crippen LogP contribution in [0.25, 0.3) is 5.65 Å². The van der Waals surface area contributed by atoms with Crippen molar-refractivity contribution in [3.05, 3.63) is 18.6 Å². The molecule has 2 aromatic heterocycles. The zero-order valence-electron chi connectivity index (χ0n) is 12.0. The summed E-state index contributed by atoms with van der Waals surface area (Å²) in [6.07, 6.45) is 13.1. The summed E-state index contributed by atoms with van der Waals surface area (Å²) in [5, 5.41) is 7.40. The highest BCUT2D eigenvalue weighted by Crippen LogP contribution is 2.30. The van der Waals surface area contributed by atoms with Crippen LogP contribution in [-0.2, 0) is 0 Å². The van der Waals surface area contributed by atoms with E-state index in [1.807, 2.05) is 41.8 Å². The van der Waals surface area contributed by atoms with Crippen molar-refractivity contribution in [3.63, 3.8) is 0 Å². The third kappa shape index (κ3) is 2.57. The Kier molecular flexibility index (Phi) is 4.00. The lowest BCUT2D eigenvalue weighted by Gasteiger charge is -2.31. The molecule has 0 bridgehead atoms. The Morgan fingerprint density at radius 1 is 1.35 bits per heavy atom. The summed E-state index contributed by atoms with van der Waals surface area (Å²) in [5.74, 6) is 1.74. The van der Waals surface area contributed by atoms with E-state index in [1.165, 1.54) is 25.7 Å². The molecule has 5 nitrogen and oxygen atoms in total. The lowest BCUT2D eigenvalue weighted by atomic mass is 9.95. The van der Waals surface area contributed by atoms with Crippen molar-refractivity contribution in [2.75, 3.05) is 23.9 Å². The second-order valence-corrected chi connectivity index (χ2v) is 6.27. The lowest BCUT2D eigenvalue weighted by molar-refractivity contribution is 0.474. The number of rotatable bonds is 4. The van der Waals surface area contributed by atoms with Crippen LogP contribution < -0.4 is 10.6 Å². The molecule has 1 aliphatic carbocycles. The lowest BCUT2D eigenvalue weighted by Crippen LogP contribution is -2.34. The molecular weight excluding hydrogens is 270 g/mol. The molecule has 0 radical (unpaired) electrons. The first-order valence-electron chi connectivity index (χ1n) is 7.12. The van der Waals surface area contributed by atoms with Crippen LogP contribution in [0.2, 0.25) is 0 Å². The van der Waals surface area contributed by atoms with Gasteiger partial charge in [-0.25, -0.2) is 9.97 Å². The van der Waals surface area contributed by atoms with Crippen molar-refractivity contribution in [1.82, 2.24) is 14.4 Å². The number of thioether (sulfide) groups is 1. The van der Waals surface area contributed by atoms with Gasteiger partial charge in [-0.1, -0.05) is 12.8 Å². The number of nitrogens with one attached hydrogen (secondary N) is 2. The summed E-state index contributed by atoms with van der Waals surface area (Å²) >= 11 is 1.96. The predicted molar refractivity (Wildman–Crippen MR) is 85.7 cm³/mol. The molecule has 1 saturated carbocycles. The Hall–Kier alpha value is -1.43. The van der Waals surface area contributed by atoms with Crippen LogP contribution in [0.1, 0.15) is 25.7 Å². The Morgan fingerprint density at radius 3 is 3.00 bits per heavy atom. The second-order valence-electron chi connectivity index (χ2n) is 5.19. The van der Waals surface area contributed by atoms with Gasteiger partial charge in [0.25, 0.3) is 0 Å². The van der Waals surface area contributed by atoms with Crippen molar-refractivity contribution in [2.45, 2.75) is 37.0 Å². The smallest absolute Gasteiger partial charge is 0.180 e. The number of hydrogen-bond donors (Lipinski definition) is 2. The molecule has 2 atom stereocenters. The molecule has 6 heteroatoms. The fourth-order valence-corrected chi connectivity index (χ4v) is 3.80. The first-order valence-corrected chi connectivity index (χ1v) is 8.41. The van der Waals surface area contributed by atoms with E-state index in [9.17, 15) is 0 Å². The first-order chi connectivity index (χ1) is 9.81. The monoisotopic (exact) mass is 291 g/mol. The van der Waals surface area contributed by atoms with Gasteiger partial charge in [-0.15, -0.1) is 0 Å². The van der Waals surface area contributed by atoms with E-state index in [-0.39, 0.29) is 0 Å². The van der Waals surface area contributed by atoms with Crippen molar-refractivity contribution >= 4 is 29.0 Å². The highest BCUT2D eigenvalue weighted by molar-refractivity contribution is 7.99. The summed E-state index contributed by atoms with van der Waals surface area (Å²) in [5.41, 5.74) is 0.898. The maximum atomic E-state index is 4.64. The summed E-state index contributed by atoms with van der Waals surface area (Å²) in [6.45, 7) is 0. The van der Waals surface area contributed by atoms with Crippen molar-refractivity contribution < 1.29 is 0 Å². The van der Waals surface area contributed by atoms with Gasteiger partial charge in [-0.2, -0.15) is 11.8 Å². The van der Waals surface area contributed by atoms with Gasteiger partial charge >= 0.3 is 0 Å². The minimum atomic E-state index is 0.485. The second kappa shape index (κ2) is 5.91. The topological polar surface area (TPSA) is 54.2 Å². The molecule has 0 aliphatic heterocycles. The Labute approximate surface area is 123 Å². The summed E-state index contributed by atoms with van der Waals surface area (Å²) in [4.78, 5) is 9.05. The zero-order chi connectivity index (χ0) is 13.9. The highest BCUT2D eigenvalue weighted by atomic mass is 32.2. The molecule has 0 saturated heterocycles. The number of nitrogens with zero attached hydrogens (tertiary/aromatic N) is 3. The number of imidazole rings is 1. The highest BCUT2D eigenvalue weighted by Gasteiger charge is 2.25. The van der Waals surface area contributed by atoms with Crippen molar-refractivity contribution in [1.29, 1.82) is 0 Å². The van der Waals surface area contributed by atoms with Crippen molar-refractivity contribution in [3.8, 4) is 0 Å². The standard InChI is InChI=1S/C14H21N5S/c1-15-12-9-19-8-7-16-14(19)13(18-12)17-10-5-3-4-6-11(10)20-2/h7-11,15H,3-6H2,1-2H3,(H,17,18). The van der Waals surface area contributed by atoms with E-state index >= 15 is 0 Å². The van der Waals surface area contributed by atoms with E-state index in [4.69, 9.17) is 0 Å². The van der Waals surface area contributed by atoms with Crippen molar-refractivity contribution in [2.24, 2.45) is 0 Å². The molecule has 2 aromatic rings. The zero-order valence-corrected chi connectivity index (χ0v) is 12.8. The Balaban J connectivity index is 1.90. The van der Waals surface area contributed by atoms with E-state index in [1.54, 1.807) is 0 Å². The van der Waals surface area contributed by atoms with Gasteiger partial charge in [-0.05, 0) is 19.1 Å². The first kappa shape index (κ1) is 13.5. The number of anilines is 2. The largest absolute Gasteiger partial charge is 0.372 e. The third-order valence-electron chi connectivity index (χ3n) is 3.96. The molecule has 1 fully saturated rings. The Morgan fingerprint density at radius 2 is 2.20 bits per heavy atom. The van der Waals surface area contributed by atoms with Crippen LogP contribution in [-0.4, -0.2) is 39.0 Å². The molecule has 3 rings (SSSR count). The van der Waals surface area contributed by atoms with Gasteiger partial charge in [0.05, 0.1) is 6.20 Å². The minimum absolute atomic E-state index is 0.485. The molecule has 2 heterocycles. The summed E-state index contributed by atoms with van der Waals surface area (Å²) < 4.78 is 2.01. The van der Waals surface area contributed by atoms with Gasteiger partial charge in [0, 0.05) is 30.7 Å². The summed E-state index contributed by atoms with van der Waals surface area (Å²) in [7, 11) is 1.89. The molecule has 0 aromatic carbocycles. The van der Waals surface area contributed by atoms with Gasteiger partial charge in [0.15, 0.2) is 11.5 Å². The van der Waals surface area contributed by atoms with Gasteiger partial charge < -0.3 is 15.0 Å². The average molecular weight is 291 g/mol. The molecule has 0 amide bonds. The van der Waals surface area contributed by atoms with E-state index in [0.717, 1.165) is 17.3 Å². The fourth-order valence-electron chi connectivity index (χ4n) is 2.87. The SMILES string of the molecule is CNc1cn2ccnc2c(NC2CCCCC2SC)n1. The fraction of sp³-hybridized carbons (Fsp3) is 0.571. The molecule has 2 N–H and O–H groups in total. The minimum Gasteiger partial charge on any atom is -0.372 e. The van der Waals surface area contributed by atoms with Crippen LogP contribution >= 0.6 is 11.8 Å². The quantitative estimate of drug-likeness (QED) is 0.907. The summed E-state index contributed by atoms with van der Waals surface area (Å²) in [6, 6.07) is 0.485. The number of aromatic nitrogens is 3. The third-order valence-corrected chi connectivity index (χ3v) is 5.13. The molecule has 1 aliphatic rings.